The van der Waals surface area contributed by atoms with Gasteiger partial charge in [0.25, 0.3) is 0 Å². The largest absolute Gasteiger partial charge is 0.367 e. The number of nitrogens with zero attached hydrogens (tertiary/aromatic N) is 1. The first kappa shape index (κ1) is 13.8. The molecule has 0 radical (unpaired) electrons. The quantitative estimate of drug-likeness (QED) is 0.886. The summed E-state index contributed by atoms with van der Waals surface area (Å²) in [6.07, 6.45) is 1.31. The number of thioether (sulfide) groups is 1. The fraction of sp³-hybridized carbons (Fsp3) is 0.600. The zero-order chi connectivity index (χ0) is 13.0. The number of benzene rings is 1. The predicted octanol–water partition coefficient (Wildman–Crippen LogP) is 2.90. The average Bonchev–Trinajstić information content (AvgIpc) is 2.90. The van der Waals surface area contributed by atoms with Crippen molar-refractivity contribution < 1.29 is 0 Å². The maximum atomic E-state index is 6.07. The molecule has 2 unspecified atom stereocenters. The van der Waals surface area contributed by atoms with Crippen LogP contribution in [0.25, 0.3) is 0 Å². The Balaban J connectivity index is 2.23. The highest BCUT2D eigenvalue weighted by Gasteiger charge is 2.29. The maximum Gasteiger partial charge on any atom is 0.0448 e. The van der Waals surface area contributed by atoms with E-state index in [-0.39, 0.29) is 0 Å². The molecule has 0 bridgehead atoms. The summed E-state index contributed by atoms with van der Waals surface area (Å²) < 4.78 is 0. The van der Waals surface area contributed by atoms with E-state index in [4.69, 9.17) is 5.73 Å². The van der Waals surface area contributed by atoms with Crippen molar-refractivity contribution in [2.75, 3.05) is 29.5 Å². The zero-order valence-electron chi connectivity index (χ0n) is 11.4. The van der Waals surface area contributed by atoms with E-state index >= 15 is 0 Å². The number of hydrogen-bond donors (Lipinski definition) is 1. The van der Waals surface area contributed by atoms with E-state index in [0.717, 1.165) is 19.0 Å². The second-order valence-corrected chi connectivity index (χ2v) is 6.15. The Morgan fingerprint density at radius 2 is 2.22 bits per heavy atom. The van der Waals surface area contributed by atoms with Crippen molar-refractivity contribution in [3.05, 3.63) is 29.8 Å². The smallest absolute Gasteiger partial charge is 0.0448 e. The molecule has 1 saturated heterocycles. The molecule has 1 aliphatic rings. The van der Waals surface area contributed by atoms with Crippen molar-refractivity contribution >= 4 is 17.4 Å². The second kappa shape index (κ2) is 6.48. The van der Waals surface area contributed by atoms with Crippen LogP contribution in [0.1, 0.15) is 18.9 Å². The van der Waals surface area contributed by atoms with E-state index in [0.29, 0.717) is 6.04 Å². The lowest BCUT2D eigenvalue weighted by Gasteiger charge is -2.36. The van der Waals surface area contributed by atoms with Crippen molar-refractivity contribution in [1.29, 1.82) is 0 Å². The van der Waals surface area contributed by atoms with Crippen LogP contribution in [0.5, 0.6) is 0 Å². The summed E-state index contributed by atoms with van der Waals surface area (Å²) in [6.45, 7) is 6.22. The Morgan fingerprint density at radius 3 is 2.78 bits per heavy atom. The van der Waals surface area contributed by atoms with Gasteiger partial charge in [-0.15, -0.1) is 0 Å². The molecule has 1 aliphatic heterocycles. The van der Waals surface area contributed by atoms with Crippen molar-refractivity contribution in [3.8, 4) is 0 Å². The summed E-state index contributed by atoms with van der Waals surface area (Å²) >= 11 is 2.07. The normalized spacial score (nSPS) is 20.9. The number of para-hydroxylation sites is 1. The standard InChI is InChI=1S/C15H24N2S/c1-3-17(14-7-5-4-6-12(14)2)15(10-16)13-8-9-18-11-13/h4-7,13,15H,3,8-11,16H2,1-2H3. The Kier molecular flexibility index (Phi) is 4.95. The fourth-order valence-corrected chi connectivity index (χ4v) is 4.23. The molecule has 3 heteroatoms. The van der Waals surface area contributed by atoms with Crippen LogP contribution in [-0.2, 0) is 0 Å². The molecule has 0 saturated carbocycles. The third kappa shape index (κ3) is 2.83. The predicted molar refractivity (Wildman–Crippen MR) is 82.5 cm³/mol. The molecule has 100 valence electrons. The van der Waals surface area contributed by atoms with Gasteiger partial charge in [-0.3, -0.25) is 0 Å². The van der Waals surface area contributed by atoms with Crippen LogP contribution in [0.4, 0.5) is 5.69 Å². The van der Waals surface area contributed by atoms with Gasteiger partial charge in [0, 0.05) is 24.8 Å². The Morgan fingerprint density at radius 1 is 1.44 bits per heavy atom. The lowest BCUT2D eigenvalue weighted by molar-refractivity contribution is 0.441. The van der Waals surface area contributed by atoms with Crippen LogP contribution in [0.2, 0.25) is 0 Å². The maximum absolute atomic E-state index is 6.07. The first-order valence-corrected chi connectivity index (χ1v) is 8.03. The Labute approximate surface area is 115 Å². The molecule has 2 N–H and O–H groups in total. The van der Waals surface area contributed by atoms with E-state index in [2.05, 4.69) is 54.8 Å². The Hall–Kier alpha value is -0.670. The van der Waals surface area contributed by atoms with Crippen LogP contribution in [0, 0.1) is 12.8 Å². The van der Waals surface area contributed by atoms with Gasteiger partial charge in [0.1, 0.15) is 0 Å². The molecule has 2 rings (SSSR count). The van der Waals surface area contributed by atoms with Crippen molar-refractivity contribution in [3.63, 3.8) is 0 Å². The van der Waals surface area contributed by atoms with Gasteiger partial charge < -0.3 is 10.6 Å². The molecule has 0 aliphatic carbocycles. The number of anilines is 1. The molecule has 1 heterocycles. The summed E-state index contributed by atoms with van der Waals surface area (Å²) in [7, 11) is 0. The van der Waals surface area contributed by atoms with E-state index in [1.165, 1.54) is 29.2 Å². The average molecular weight is 264 g/mol. The van der Waals surface area contributed by atoms with Gasteiger partial charge in [0.2, 0.25) is 0 Å². The van der Waals surface area contributed by atoms with Gasteiger partial charge in [-0.05, 0) is 49.3 Å². The number of rotatable bonds is 5. The van der Waals surface area contributed by atoms with E-state index in [1.54, 1.807) is 0 Å². The first-order valence-electron chi connectivity index (χ1n) is 6.88. The molecule has 0 spiro atoms. The van der Waals surface area contributed by atoms with E-state index in [1.807, 2.05) is 0 Å². The first-order chi connectivity index (χ1) is 8.77. The molecule has 2 nitrogen and oxygen atoms in total. The molecule has 18 heavy (non-hydrogen) atoms. The van der Waals surface area contributed by atoms with Crippen LogP contribution >= 0.6 is 11.8 Å². The van der Waals surface area contributed by atoms with Crippen LogP contribution in [0.3, 0.4) is 0 Å². The molecule has 1 aromatic rings. The molecular formula is C15H24N2S. The molecular weight excluding hydrogens is 240 g/mol. The highest BCUT2D eigenvalue weighted by atomic mass is 32.2. The molecule has 0 amide bonds. The SMILES string of the molecule is CCN(c1ccccc1C)C(CN)C1CCSC1. The molecule has 0 aromatic heterocycles. The number of hydrogen-bond acceptors (Lipinski definition) is 3. The zero-order valence-corrected chi connectivity index (χ0v) is 12.2. The lowest BCUT2D eigenvalue weighted by atomic mass is 9.96. The minimum absolute atomic E-state index is 0.492. The van der Waals surface area contributed by atoms with E-state index in [9.17, 15) is 0 Å². The highest BCUT2D eigenvalue weighted by molar-refractivity contribution is 7.99. The van der Waals surface area contributed by atoms with E-state index < -0.39 is 0 Å². The van der Waals surface area contributed by atoms with Gasteiger partial charge in [0.05, 0.1) is 0 Å². The summed E-state index contributed by atoms with van der Waals surface area (Å²) in [5.41, 5.74) is 8.77. The number of nitrogens with two attached hydrogens (primary N) is 1. The van der Waals surface area contributed by atoms with Crippen molar-refractivity contribution in [2.24, 2.45) is 11.7 Å². The third-order valence-corrected chi connectivity index (χ3v) is 5.10. The topological polar surface area (TPSA) is 29.3 Å². The molecule has 1 aromatic carbocycles. The van der Waals surface area contributed by atoms with Gasteiger partial charge in [0.15, 0.2) is 0 Å². The molecule has 2 atom stereocenters. The third-order valence-electron chi connectivity index (χ3n) is 3.92. The van der Waals surface area contributed by atoms with Gasteiger partial charge in [-0.1, -0.05) is 18.2 Å². The molecule has 1 fully saturated rings. The minimum Gasteiger partial charge on any atom is -0.367 e. The van der Waals surface area contributed by atoms with Gasteiger partial charge in [-0.2, -0.15) is 11.8 Å². The van der Waals surface area contributed by atoms with Gasteiger partial charge in [-0.25, -0.2) is 0 Å². The number of aryl methyl sites for hydroxylation is 1. The van der Waals surface area contributed by atoms with Crippen LogP contribution < -0.4 is 10.6 Å². The highest BCUT2D eigenvalue weighted by Crippen LogP contribution is 2.31. The van der Waals surface area contributed by atoms with Crippen LogP contribution in [-0.4, -0.2) is 30.6 Å². The summed E-state index contributed by atoms with van der Waals surface area (Å²) in [6, 6.07) is 9.14. The van der Waals surface area contributed by atoms with Crippen molar-refractivity contribution in [2.45, 2.75) is 26.3 Å². The minimum atomic E-state index is 0.492. The summed E-state index contributed by atoms with van der Waals surface area (Å²) in [4.78, 5) is 2.51. The Bertz CT molecular complexity index is 375. The number of likely N-dealkylation sites (N-methyl/N-ethyl adjacent to an activating group) is 1. The lowest BCUT2D eigenvalue weighted by Crippen LogP contribution is -2.46. The summed E-state index contributed by atoms with van der Waals surface area (Å²) in [5, 5.41) is 0. The van der Waals surface area contributed by atoms with Crippen molar-refractivity contribution in [1.82, 2.24) is 0 Å². The van der Waals surface area contributed by atoms with Gasteiger partial charge >= 0.3 is 0 Å². The second-order valence-electron chi connectivity index (χ2n) is 5.00. The fourth-order valence-electron chi connectivity index (χ4n) is 2.90. The monoisotopic (exact) mass is 264 g/mol. The van der Waals surface area contributed by atoms with Crippen LogP contribution in [0.15, 0.2) is 24.3 Å². The summed E-state index contributed by atoms with van der Waals surface area (Å²) in [5.74, 6) is 3.32.